The highest BCUT2D eigenvalue weighted by Gasteiger charge is 2.30. The molecule has 0 radical (unpaired) electrons. The molecular formula is C13H16F3NOS2. The molecule has 1 heterocycles. The van der Waals surface area contributed by atoms with Gasteiger partial charge in [0.2, 0.25) is 0 Å². The SMILES string of the molecule is FC(F)(F)Oc1ccc(CNCC2CSCCS2)cc1. The number of thioether (sulfide) groups is 2. The van der Waals surface area contributed by atoms with E-state index in [4.69, 9.17) is 0 Å². The zero-order chi connectivity index (χ0) is 14.4. The van der Waals surface area contributed by atoms with Crippen molar-refractivity contribution in [3.05, 3.63) is 29.8 Å². The average molecular weight is 323 g/mol. The second-order valence-electron chi connectivity index (χ2n) is 4.39. The maximum Gasteiger partial charge on any atom is 0.573 e. The van der Waals surface area contributed by atoms with E-state index in [1.54, 1.807) is 12.1 Å². The Morgan fingerprint density at radius 3 is 2.55 bits per heavy atom. The lowest BCUT2D eigenvalue weighted by Crippen LogP contribution is -2.28. The van der Waals surface area contributed by atoms with Crippen molar-refractivity contribution in [3.63, 3.8) is 0 Å². The predicted molar refractivity (Wildman–Crippen MR) is 78.4 cm³/mol. The van der Waals surface area contributed by atoms with E-state index in [0.29, 0.717) is 11.8 Å². The Hall–Kier alpha value is -0.530. The van der Waals surface area contributed by atoms with E-state index in [9.17, 15) is 13.2 Å². The van der Waals surface area contributed by atoms with Crippen molar-refractivity contribution in [1.29, 1.82) is 0 Å². The fraction of sp³-hybridized carbons (Fsp3) is 0.538. The van der Waals surface area contributed by atoms with Gasteiger partial charge in [0.05, 0.1) is 0 Å². The first-order valence-electron chi connectivity index (χ1n) is 6.28. The van der Waals surface area contributed by atoms with Gasteiger partial charge in [-0.1, -0.05) is 12.1 Å². The Morgan fingerprint density at radius 1 is 1.20 bits per heavy atom. The standard InChI is InChI=1S/C13H16F3NOS2/c14-13(15,16)18-11-3-1-10(2-4-11)7-17-8-12-9-19-5-6-20-12/h1-4,12,17H,5-9H2. The molecule has 112 valence electrons. The third-order valence-corrected chi connectivity index (χ3v) is 5.59. The summed E-state index contributed by atoms with van der Waals surface area (Å²) >= 11 is 3.95. The molecule has 1 saturated heterocycles. The summed E-state index contributed by atoms with van der Waals surface area (Å²) in [4.78, 5) is 0. The topological polar surface area (TPSA) is 21.3 Å². The van der Waals surface area contributed by atoms with Gasteiger partial charge >= 0.3 is 6.36 Å². The van der Waals surface area contributed by atoms with E-state index < -0.39 is 6.36 Å². The highest BCUT2D eigenvalue weighted by atomic mass is 32.2. The van der Waals surface area contributed by atoms with Crippen LogP contribution in [0, 0.1) is 0 Å². The lowest BCUT2D eigenvalue weighted by atomic mass is 10.2. The van der Waals surface area contributed by atoms with Gasteiger partial charge in [-0.05, 0) is 17.7 Å². The molecule has 2 nitrogen and oxygen atoms in total. The largest absolute Gasteiger partial charge is 0.573 e. The van der Waals surface area contributed by atoms with Crippen LogP contribution in [0.3, 0.4) is 0 Å². The molecule has 0 aromatic heterocycles. The molecule has 2 rings (SSSR count). The monoisotopic (exact) mass is 323 g/mol. The van der Waals surface area contributed by atoms with Crippen LogP contribution in [0.15, 0.2) is 24.3 Å². The summed E-state index contributed by atoms with van der Waals surface area (Å²) in [7, 11) is 0. The molecule has 1 N–H and O–H groups in total. The van der Waals surface area contributed by atoms with E-state index in [0.717, 1.165) is 17.9 Å². The number of ether oxygens (including phenoxy) is 1. The summed E-state index contributed by atoms with van der Waals surface area (Å²) in [6.07, 6.45) is -4.63. The first kappa shape index (κ1) is 15.9. The predicted octanol–water partition coefficient (Wildman–Crippen LogP) is 3.52. The fourth-order valence-electron chi connectivity index (χ4n) is 1.84. The van der Waals surface area contributed by atoms with E-state index in [1.807, 2.05) is 23.5 Å². The summed E-state index contributed by atoms with van der Waals surface area (Å²) in [6, 6.07) is 5.99. The quantitative estimate of drug-likeness (QED) is 0.894. The Labute approximate surface area is 124 Å². The van der Waals surface area contributed by atoms with Crippen LogP contribution < -0.4 is 10.1 Å². The second-order valence-corrected chi connectivity index (χ2v) is 6.95. The van der Waals surface area contributed by atoms with Gasteiger partial charge in [-0.15, -0.1) is 13.2 Å². The van der Waals surface area contributed by atoms with Gasteiger partial charge in [0.15, 0.2) is 0 Å². The molecule has 1 aliphatic rings. The van der Waals surface area contributed by atoms with Crippen molar-refractivity contribution < 1.29 is 17.9 Å². The molecule has 0 aliphatic carbocycles. The molecule has 0 saturated carbocycles. The second kappa shape index (κ2) is 7.47. The number of halogens is 3. The number of nitrogens with one attached hydrogen (secondary N) is 1. The van der Waals surface area contributed by atoms with Crippen molar-refractivity contribution in [2.24, 2.45) is 0 Å². The molecule has 20 heavy (non-hydrogen) atoms. The van der Waals surface area contributed by atoms with Crippen molar-refractivity contribution in [1.82, 2.24) is 5.32 Å². The first-order chi connectivity index (χ1) is 9.53. The summed E-state index contributed by atoms with van der Waals surface area (Å²) < 4.78 is 39.9. The van der Waals surface area contributed by atoms with E-state index in [2.05, 4.69) is 10.1 Å². The number of rotatable bonds is 5. The van der Waals surface area contributed by atoms with Crippen LogP contribution >= 0.6 is 23.5 Å². The zero-order valence-electron chi connectivity index (χ0n) is 10.8. The van der Waals surface area contributed by atoms with Crippen molar-refractivity contribution in [3.8, 4) is 5.75 Å². The Bertz CT molecular complexity index is 405. The summed E-state index contributed by atoms with van der Waals surface area (Å²) in [5.74, 6) is 3.40. The molecule has 1 aromatic carbocycles. The summed E-state index contributed by atoms with van der Waals surface area (Å²) in [5, 5.41) is 3.97. The normalized spacial score (nSPS) is 19.9. The molecule has 0 spiro atoms. The lowest BCUT2D eigenvalue weighted by molar-refractivity contribution is -0.274. The van der Waals surface area contributed by atoms with E-state index in [-0.39, 0.29) is 5.75 Å². The molecule has 1 aromatic rings. The molecular weight excluding hydrogens is 307 g/mol. The van der Waals surface area contributed by atoms with Gasteiger partial charge in [-0.2, -0.15) is 23.5 Å². The third kappa shape index (κ3) is 5.85. The maximum atomic E-state index is 12.0. The Balaban J connectivity index is 1.73. The zero-order valence-corrected chi connectivity index (χ0v) is 12.4. The molecule has 1 unspecified atom stereocenters. The molecule has 7 heteroatoms. The van der Waals surface area contributed by atoms with Crippen LogP contribution in [0.1, 0.15) is 5.56 Å². The molecule has 1 atom stereocenters. The number of benzene rings is 1. The minimum absolute atomic E-state index is 0.180. The van der Waals surface area contributed by atoms with Crippen molar-refractivity contribution in [2.45, 2.75) is 18.2 Å². The molecule has 1 fully saturated rings. The van der Waals surface area contributed by atoms with Gasteiger partial charge in [-0.25, -0.2) is 0 Å². The Morgan fingerprint density at radius 2 is 1.95 bits per heavy atom. The Kier molecular flexibility index (Phi) is 5.92. The van der Waals surface area contributed by atoms with E-state index in [1.165, 1.54) is 23.6 Å². The summed E-state index contributed by atoms with van der Waals surface area (Å²) in [6.45, 7) is 1.59. The van der Waals surface area contributed by atoms with Gasteiger partial charge in [0.1, 0.15) is 5.75 Å². The van der Waals surface area contributed by atoms with Gasteiger partial charge < -0.3 is 10.1 Å². The molecule has 0 amide bonds. The fourth-order valence-corrected chi connectivity index (χ4v) is 4.49. The van der Waals surface area contributed by atoms with Crippen molar-refractivity contribution in [2.75, 3.05) is 23.8 Å². The van der Waals surface area contributed by atoms with Gasteiger partial charge in [0.25, 0.3) is 0 Å². The van der Waals surface area contributed by atoms with Crippen LogP contribution in [-0.2, 0) is 6.54 Å². The lowest BCUT2D eigenvalue weighted by Gasteiger charge is -2.21. The number of hydrogen-bond donors (Lipinski definition) is 1. The first-order valence-corrected chi connectivity index (χ1v) is 8.48. The third-order valence-electron chi connectivity index (χ3n) is 2.74. The molecule has 0 bridgehead atoms. The number of alkyl halides is 3. The minimum Gasteiger partial charge on any atom is -0.406 e. The van der Waals surface area contributed by atoms with Crippen molar-refractivity contribution >= 4 is 23.5 Å². The minimum atomic E-state index is -4.63. The van der Waals surface area contributed by atoms with Crippen LogP contribution in [0.5, 0.6) is 5.75 Å². The van der Waals surface area contributed by atoms with Gasteiger partial charge in [0, 0.05) is 35.6 Å². The highest BCUT2D eigenvalue weighted by Crippen LogP contribution is 2.24. The molecule has 1 aliphatic heterocycles. The van der Waals surface area contributed by atoms with Crippen LogP contribution in [0.4, 0.5) is 13.2 Å². The van der Waals surface area contributed by atoms with Crippen LogP contribution in [0.25, 0.3) is 0 Å². The van der Waals surface area contributed by atoms with E-state index >= 15 is 0 Å². The van der Waals surface area contributed by atoms with Crippen LogP contribution in [0.2, 0.25) is 0 Å². The highest BCUT2D eigenvalue weighted by molar-refractivity contribution is 8.06. The maximum absolute atomic E-state index is 12.0. The van der Waals surface area contributed by atoms with Gasteiger partial charge in [-0.3, -0.25) is 0 Å². The average Bonchev–Trinajstić information content (AvgIpc) is 2.40. The number of hydrogen-bond acceptors (Lipinski definition) is 4. The van der Waals surface area contributed by atoms with Crippen LogP contribution in [-0.4, -0.2) is 35.4 Å². The summed E-state index contributed by atoms with van der Waals surface area (Å²) in [5.41, 5.74) is 0.952. The smallest absolute Gasteiger partial charge is 0.406 e.